The van der Waals surface area contributed by atoms with Crippen LogP contribution in [0, 0.1) is 0 Å². The first-order chi connectivity index (χ1) is 5.57. The Morgan fingerprint density at radius 2 is 2.67 bits per heavy atom. The van der Waals surface area contributed by atoms with Crippen molar-refractivity contribution in [2.24, 2.45) is 0 Å². The quantitative estimate of drug-likeness (QED) is 0.675. The Kier molecular flexibility index (Phi) is 1.12. The Morgan fingerprint density at radius 1 is 1.89 bits per heavy atom. The minimum Gasteiger partial charge on any atom is -0.494 e. The lowest BCUT2D eigenvalue weighted by molar-refractivity contribution is 0.410. The van der Waals surface area contributed by atoms with Crippen LogP contribution in [0.25, 0.3) is 0 Å². The van der Waals surface area contributed by atoms with Crippen molar-refractivity contribution in [1.82, 2.24) is 4.98 Å². The van der Waals surface area contributed by atoms with Gasteiger partial charge in [0.2, 0.25) is 0 Å². The van der Waals surface area contributed by atoms with Crippen LogP contribution in [0.5, 0.6) is 5.75 Å². The third kappa shape index (κ3) is 1.42. The molecule has 0 aliphatic rings. The molecule has 0 bridgehead atoms. The summed E-state index contributed by atoms with van der Waals surface area (Å²) in [7, 11) is 1.39. The van der Waals surface area contributed by atoms with E-state index in [-0.39, 0.29) is 24.1 Å². The van der Waals surface area contributed by atoms with Crippen LogP contribution >= 0.6 is 15.9 Å². The summed E-state index contributed by atoms with van der Waals surface area (Å²) in [5, 5.41) is 0. The molecule has 9 heavy (non-hydrogen) atoms. The van der Waals surface area contributed by atoms with E-state index in [0.29, 0.717) is 4.47 Å². The van der Waals surface area contributed by atoms with Gasteiger partial charge in [0.15, 0.2) is 5.75 Å². The second-order valence-electron chi connectivity index (χ2n) is 1.31. The van der Waals surface area contributed by atoms with Crippen molar-refractivity contribution in [3.63, 3.8) is 0 Å². The number of rotatable bonds is 1. The van der Waals surface area contributed by atoms with E-state index >= 15 is 0 Å². The van der Waals surface area contributed by atoms with Crippen molar-refractivity contribution in [3.8, 4) is 5.75 Å². The summed E-state index contributed by atoms with van der Waals surface area (Å²) < 4.78 is 26.9. The van der Waals surface area contributed by atoms with Gasteiger partial charge in [-0.25, -0.2) is 0 Å². The summed E-state index contributed by atoms with van der Waals surface area (Å²) in [6.07, 6.45) is -0.363. The van der Waals surface area contributed by atoms with Crippen LogP contribution in [0.15, 0.2) is 22.9 Å². The molecule has 0 unspecified atom stereocenters. The third-order valence-corrected chi connectivity index (χ3v) is 1.34. The largest absolute Gasteiger partial charge is 0.494 e. The van der Waals surface area contributed by atoms with Gasteiger partial charge in [-0.15, -0.1) is 0 Å². The molecule has 0 spiro atoms. The molecule has 1 rings (SSSR count). The number of hydrogen-bond acceptors (Lipinski definition) is 2. The lowest BCUT2D eigenvalue weighted by Crippen LogP contribution is -1.83. The number of pyridine rings is 1. The average molecular weight is 191 g/mol. The number of methoxy groups -OCH3 is 1. The number of aromatic nitrogens is 1. The lowest BCUT2D eigenvalue weighted by Gasteiger charge is -1.98. The lowest BCUT2D eigenvalue weighted by atomic mass is 10.5. The van der Waals surface area contributed by atoms with Crippen LogP contribution < -0.4 is 4.74 Å². The van der Waals surface area contributed by atoms with Gasteiger partial charge in [0, 0.05) is 6.17 Å². The minimum atomic E-state index is -0.229. The van der Waals surface area contributed by atoms with E-state index in [0.717, 1.165) is 0 Å². The zero-order chi connectivity index (χ0) is 9.30. The number of halogens is 1. The molecule has 0 aromatic carbocycles. The van der Waals surface area contributed by atoms with E-state index in [1.807, 2.05) is 0 Å². The molecule has 0 fully saturated rings. The molecule has 3 heteroatoms. The van der Waals surface area contributed by atoms with Crippen molar-refractivity contribution in [1.29, 1.82) is 0 Å². The second kappa shape index (κ2) is 2.82. The molecular weight excluding hydrogens is 182 g/mol. The fourth-order valence-corrected chi connectivity index (χ4v) is 0.736. The van der Waals surface area contributed by atoms with Crippen molar-refractivity contribution in [2.45, 2.75) is 0 Å². The summed E-state index contributed by atoms with van der Waals surface area (Å²) in [6.45, 7) is 0. The Balaban J connectivity index is 3.40. The standard InChI is InChI=1S/C6H6BrNO/c1-9-6-4-8-3-2-5(6)7/h2-4H,1H3/i2D,3D,4D. The zero-order valence-corrected chi connectivity index (χ0v) is 6.32. The second-order valence-corrected chi connectivity index (χ2v) is 2.10. The van der Waals surface area contributed by atoms with Gasteiger partial charge >= 0.3 is 0 Å². The molecular formula is C6H6BrNO. The maximum Gasteiger partial charge on any atom is 0.151 e. The topological polar surface area (TPSA) is 22.1 Å². The van der Waals surface area contributed by atoms with Crippen LogP contribution in [0.2, 0.25) is 0 Å². The molecule has 0 saturated carbocycles. The van der Waals surface area contributed by atoms with Crippen molar-refractivity contribution in [2.75, 3.05) is 7.11 Å². The summed E-state index contributed by atoms with van der Waals surface area (Å²) in [6, 6.07) is -0.0668. The summed E-state index contributed by atoms with van der Waals surface area (Å²) in [5.74, 6) is 0.191. The Bertz CT molecular complexity index is 318. The first-order valence-corrected chi connectivity index (χ1v) is 3.04. The van der Waals surface area contributed by atoms with E-state index in [9.17, 15) is 0 Å². The maximum absolute atomic E-state index is 7.32. The molecule has 1 aromatic heterocycles. The predicted molar refractivity (Wildman–Crippen MR) is 38.5 cm³/mol. The monoisotopic (exact) mass is 190 g/mol. The highest BCUT2D eigenvalue weighted by Gasteiger charge is 1.94. The summed E-state index contributed by atoms with van der Waals surface area (Å²) in [5.41, 5.74) is 0. The molecule has 48 valence electrons. The molecule has 1 aromatic rings. The number of ether oxygens (including phenoxy) is 1. The van der Waals surface area contributed by atoms with E-state index in [1.165, 1.54) is 7.11 Å². The summed E-state index contributed by atoms with van der Waals surface area (Å²) >= 11 is 3.05. The molecule has 0 amide bonds. The smallest absolute Gasteiger partial charge is 0.151 e. The van der Waals surface area contributed by atoms with Crippen LogP contribution in [0.4, 0.5) is 0 Å². The summed E-state index contributed by atoms with van der Waals surface area (Å²) in [4.78, 5) is 3.50. The SMILES string of the molecule is [2H]c1nc([2H])c(OC)c(Br)c1[2H]. The molecule has 0 aliphatic heterocycles. The normalized spacial score (nSPS) is 13.8. The first-order valence-electron chi connectivity index (χ1n) is 3.75. The van der Waals surface area contributed by atoms with E-state index in [2.05, 4.69) is 20.9 Å². The molecule has 0 atom stereocenters. The third-order valence-electron chi connectivity index (χ3n) is 0.782. The highest BCUT2D eigenvalue weighted by Crippen LogP contribution is 2.21. The fraction of sp³-hybridized carbons (Fsp3) is 0.167. The van der Waals surface area contributed by atoms with Crippen molar-refractivity contribution < 1.29 is 8.85 Å². The minimum absolute atomic E-state index is 0.0668. The van der Waals surface area contributed by atoms with E-state index in [1.54, 1.807) is 0 Å². The van der Waals surface area contributed by atoms with Gasteiger partial charge in [-0.3, -0.25) is 4.98 Å². The van der Waals surface area contributed by atoms with Gasteiger partial charge in [-0.2, -0.15) is 0 Å². The van der Waals surface area contributed by atoms with Crippen LogP contribution in [0.1, 0.15) is 4.11 Å². The number of hydrogen-bond donors (Lipinski definition) is 0. The van der Waals surface area contributed by atoms with Gasteiger partial charge in [0.1, 0.15) is 0 Å². The van der Waals surface area contributed by atoms with Crippen LogP contribution in [-0.4, -0.2) is 12.1 Å². The van der Waals surface area contributed by atoms with Gasteiger partial charge in [0.05, 0.1) is 21.9 Å². The molecule has 1 heterocycles. The van der Waals surface area contributed by atoms with Gasteiger partial charge in [-0.05, 0) is 22.0 Å². The Labute approximate surface area is 66.2 Å². The van der Waals surface area contributed by atoms with Crippen LogP contribution in [-0.2, 0) is 0 Å². The van der Waals surface area contributed by atoms with E-state index < -0.39 is 0 Å². The predicted octanol–water partition coefficient (Wildman–Crippen LogP) is 1.85. The zero-order valence-electron chi connectivity index (χ0n) is 7.73. The van der Waals surface area contributed by atoms with Gasteiger partial charge in [-0.1, -0.05) is 0 Å². The average Bonchev–Trinajstić information content (AvgIpc) is 2.01. The maximum atomic E-state index is 7.32. The van der Waals surface area contributed by atoms with Crippen LogP contribution in [0.3, 0.4) is 0 Å². The van der Waals surface area contributed by atoms with Crippen molar-refractivity contribution >= 4 is 15.9 Å². The molecule has 0 aliphatic carbocycles. The molecule has 0 radical (unpaired) electrons. The number of nitrogens with zero attached hydrogens (tertiary/aromatic N) is 1. The Morgan fingerprint density at radius 3 is 3.33 bits per heavy atom. The molecule has 0 saturated heterocycles. The molecule has 2 nitrogen and oxygen atoms in total. The Hall–Kier alpha value is -0.570. The first kappa shape index (κ1) is 3.56. The van der Waals surface area contributed by atoms with Gasteiger partial charge in [0.25, 0.3) is 0 Å². The molecule has 0 N–H and O–H groups in total. The van der Waals surface area contributed by atoms with Crippen molar-refractivity contribution in [3.05, 3.63) is 22.9 Å². The van der Waals surface area contributed by atoms with Gasteiger partial charge < -0.3 is 4.74 Å². The highest BCUT2D eigenvalue weighted by atomic mass is 79.9. The highest BCUT2D eigenvalue weighted by molar-refractivity contribution is 9.10. The van der Waals surface area contributed by atoms with E-state index in [4.69, 9.17) is 8.85 Å². The fourth-order valence-electron chi connectivity index (χ4n) is 0.397.